The van der Waals surface area contributed by atoms with Gasteiger partial charge in [0.2, 0.25) is 0 Å². The Kier molecular flexibility index (Phi) is 4.93. The number of anilines is 1. The zero-order chi connectivity index (χ0) is 21.3. The summed E-state index contributed by atoms with van der Waals surface area (Å²) in [5, 5.41) is 19.8. The summed E-state index contributed by atoms with van der Waals surface area (Å²) < 4.78 is 5.49. The molecule has 1 fully saturated rings. The van der Waals surface area contributed by atoms with Crippen LogP contribution in [-0.2, 0) is 20.8 Å². The van der Waals surface area contributed by atoms with E-state index in [0.717, 1.165) is 0 Å². The van der Waals surface area contributed by atoms with Crippen molar-refractivity contribution in [2.24, 2.45) is 0 Å². The molecule has 7 heteroatoms. The third-order valence-electron chi connectivity index (χ3n) is 4.87. The molecule has 1 atom stereocenters. The second kappa shape index (κ2) is 7.71. The number of carbonyl (C=O) groups excluding carboxylic acids is 2. The van der Waals surface area contributed by atoms with Gasteiger partial charge in [-0.05, 0) is 29.8 Å². The van der Waals surface area contributed by atoms with Gasteiger partial charge >= 0.3 is 5.97 Å². The van der Waals surface area contributed by atoms with E-state index in [9.17, 15) is 19.5 Å². The van der Waals surface area contributed by atoms with Gasteiger partial charge in [0, 0.05) is 11.3 Å². The molecule has 4 rings (SSSR count). The van der Waals surface area contributed by atoms with Crippen molar-refractivity contribution in [3.05, 3.63) is 95.5 Å². The molecular weight excluding hydrogens is 386 g/mol. The number of hydrogen-bond donors (Lipinski definition) is 2. The minimum atomic E-state index is -0.971. The molecule has 150 valence electrons. The van der Waals surface area contributed by atoms with E-state index in [2.05, 4.69) is 0 Å². The topological polar surface area (TPSA) is 108 Å². The highest BCUT2D eigenvalue weighted by Crippen LogP contribution is 2.42. The Balaban J connectivity index is 1.83. The molecule has 2 N–H and O–H groups in total. The fourth-order valence-electron chi connectivity index (χ4n) is 3.52. The van der Waals surface area contributed by atoms with Crippen molar-refractivity contribution in [1.29, 1.82) is 0 Å². The van der Waals surface area contributed by atoms with Gasteiger partial charge in [0.1, 0.15) is 17.6 Å². The minimum absolute atomic E-state index is 0.0734. The number of aliphatic hydroxyl groups is 1. The molecule has 1 amide bonds. The number of carboxylic acid groups (broad SMARTS) is 1. The van der Waals surface area contributed by atoms with Crippen LogP contribution < -0.4 is 4.90 Å². The maximum atomic E-state index is 12.9. The summed E-state index contributed by atoms with van der Waals surface area (Å²) in [5.41, 5.74) is 1.28. The second-order valence-electron chi connectivity index (χ2n) is 6.79. The molecule has 0 spiro atoms. The maximum absolute atomic E-state index is 12.9. The SMILES string of the molecule is O=C(O)Cc1ccc(N2C(=O)C(=O)/C(=C(\O)c3ccccc3)C2c2ccco2)cc1. The van der Waals surface area contributed by atoms with E-state index in [1.807, 2.05) is 0 Å². The second-order valence-corrected chi connectivity index (χ2v) is 6.79. The molecule has 3 aromatic rings. The molecule has 0 radical (unpaired) electrons. The summed E-state index contributed by atoms with van der Waals surface area (Å²) in [7, 11) is 0. The number of ketones is 1. The fraction of sp³-hybridized carbons (Fsp3) is 0.0870. The van der Waals surface area contributed by atoms with Crippen LogP contribution in [0.2, 0.25) is 0 Å². The third kappa shape index (κ3) is 3.37. The first kappa shape index (κ1) is 19.2. The molecule has 2 aromatic carbocycles. The summed E-state index contributed by atoms with van der Waals surface area (Å²) in [6, 6.07) is 17.1. The number of furan rings is 1. The van der Waals surface area contributed by atoms with Crippen LogP contribution in [0.15, 0.2) is 83.0 Å². The van der Waals surface area contributed by atoms with Crippen molar-refractivity contribution >= 4 is 29.1 Å². The van der Waals surface area contributed by atoms with Crippen molar-refractivity contribution in [2.75, 3.05) is 4.90 Å². The number of nitrogens with zero attached hydrogens (tertiary/aromatic N) is 1. The molecule has 1 aliphatic rings. The molecule has 0 aliphatic carbocycles. The van der Waals surface area contributed by atoms with Gasteiger partial charge in [0.05, 0.1) is 18.3 Å². The number of carboxylic acids is 1. The first-order valence-electron chi connectivity index (χ1n) is 9.18. The number of aliphatic carboxylic acids is 1. The predicted molar refractivity (Wildman–Crippen MR) is 108 cm³/mol. The van der Waals surface area contributed by atoms with Gasteiger partial charge in [0.15, 0.2) is 0 Å². The van der Waals surface area contributed by atoms with Crippen molar-refractivity contribution in [3.8, 4) is 0 Å². The van der Waals surface area contributed by atoms with Crippen LogP contribution in [0.25, 0.3) is 5.76 Å². The zero-order valence-corrected chi connectivity index (χ0v) is 15.7. The normalized spacial score (nSPS) is 18.0. The Bertz CT molecular complexity index is 1130. The number of hydrogen-bond acceptors (Lipinski definition) is 5. The molecule has 7 nitrogen and oxygen atoms in total. The van der Waals surface area contributed by atoms with E-state index in [1.165, 1.54) is 11.2 Å². The van der Waals surface area contributed by atoms with Crippen molar-refractivity contribution in [3.63, 3.8) is 0 Å². The van der Waals surface area contributed by atoms with Gasteiger partial charge < -0.3 is 14.6 Å². The molecule has 2 heterocycles. The quantitative estimate of drug-likeness (QED) is 0.383. The maximum Gasteiger partial charge on any atom is 0.307 e. The summed E-state index contributed by atoms with van der Waals surface area (Å²) >= 11 is 0. The molecular formula is C23H17NO6. The van der Waals surface area contributed by atoms with Gasteiger partial charge in [0.25, 0.3) is 11.7 Å². The average molecular weight is 403 g/mol. The van der Waals surface area contributed by atoms with Gasteiger partial charge in [-0.15, -0.1) is 0 Å². The van der Waals surface area contributed by atoms with Crippen LogP contribution in [-0.4, -0.2) is 27.9 Å². The van der Waals surface area contributed by atoms with E-state index in [4.69, 9.17) is 9.52 Å². The Labute approximate surface area is 171 Å². The van der Waals surface area contributed by atoms with Crippen LogP contribution in [0.4, 0.5) is 5.69 Å². The Morgan fingerprint density at radius 1 is 0.933 bits per heavy atom. The molecule has 1 unspecified atom stereocenters. The number of rotatable bonds is 5. The van der Waals surface area contributed by atoms with Crippen molar-refractivity contribution < 1.29 is 29.0 Å². The van der Waals surface area contributed by atoms with Crippen molar-refractivity contribution in [1.82, 2.24) is 0 Å². The van der Waals surface area contributed by atoms with Gasteiger partial charge in [-0.25, -0.2) is 0 Å². The summed E-state index contributed by atoms with van der Waals surface area (Å²) in [6.07, 6.45) is 1.27. The number of benzene rings is 2. The molecule has 1 saturated heterocycles. The number of aliphatic hydroxyl groups excluding tert-OH is 1. The van der Waals surface area contributed by atoms with Gasteiger partial charge in [-0.1, -0.05) is 42.5 Å². The molecule has 0 saturated carbocycles. The van der Waals surface area contributed by atoms with Crippen LogP contribution in [0.1, 0.15) is 22.9 Å². The van der Waals surface area contributed by atoms with Crippen LogP contribution in [0.5, 0.6) is 0 Å². The van der Waals surface area contributed by atoms with Crippen LogP contribution >= 0.6 is 0 Å². The van der Waals surface area contributed by atoms with E-state index in [-0.39, 0.29) is 17.8 Å². The third-order valence-corrected chi connectivity index (χ3v) is 4.87. The molecule has 0 bridgehead atoms. The minimum Gasteiger partial charge on any atom is -0.507 e. The first-order valence-corrected chi connectivity index (χ1v) is 9.18. The standard InChI is InChI=1S/C23H17NO6/c25-18(26)13-14-8-10-16(11-9-14)24-20(17-7-4-12-30-17)19(22(28)23(24)29)21(27)15-5-2-1-3-6-15/h1-12,20,27H,13H2,(H,25,26)/b21-19-. The Morgan fingerprint density at radius 2 is 1.63 bits per heavy atom. The lowest BCUT2D eigenvalue weighted by Gasteiger charge is -2.23. The highest BCUT2D eigenvalue weighted by atomic mass is 16.4. The molecule has 30 heavy (non-hydrogen) atoms. The smallest absolute Gasteiger partial charge is 0.307 e. The number of carbonyl (C=O) groups is 3. The van der Waals surface area contributed by atoms with Crippen LogP contribution in [0.3, 0.4) is 0 Å². The molecule has 1 aromatic heterocycles. The lowest BCUT2D eigenvalue weighted by Crippen LogP contribution is -2.29. The van der Waals surface area contributed by atoms with E-state index in [0.29, 0.717) is 22.6 Å². The number of Topliss-reactive ketones (excluding diaryl/α,β-unsaturated/α-hetero) is 1. The summed E-state index contributed by atoms with van der Waals surface area (Å²) in [5.74, 6) is -2.57. The monoisotopic (exact) mass is 403 g/mol. The van der Waals surface area contributed by atoms with E-state index >= 15 is 0 Å². The van der Waals surface area contributed by atoms with Crippen molar-refractivity contribution in [2.45, 2.75) is 12.5 Å². The largest absolute Gasteiger partial charge is 0.507 e. The van der Waals surface area contributed by atoms with E-state index < -0.39 is 23.7 Å². The predicted octanol–water partition coefficient (Wildman–Crippen LogP) is 3.53. The zero-order valence-electron chi connectivity index (χ0n) is 15.7. The first-order chi connectivity index (χ1) is 14.5. The Morgan fingerprint density at radius 3 is 2.23 bits per heavy atom. The highest BCUT2D eigenvalue weighted by molar-refractivity contribution is 6.51. The van der Waals surface area contributed by atoms with E-state index in [1.54, 1.807) is 66.7 Å². The molecule has 1 aliphatic heterocycles. The fourth-order valence-corrected chi connectivity index (χ4v) is 3.52. The summed E-state index contributed by atoms with van der Waals surface area (Å²) in [4.78, 5) is 38.0. The average Bonchev–Trinajstić information content (AvgIpc) is 3.36. The van der Waals surface area contributed by atoms with Gasteiger partial charge in [-0.2, -0.15) is 0 Å². The Hall–Kier alpha value is -4.13. The lowest BCUT2D eigenvalue weighted by atomic mass is 9.99. The van der Waals surface area contributed by atoms with Gasteiger partial charge in [-0.3, -0.25) is 19.3 Å². The highest BCUT2D eigenvalue weighted by Gasteiger charge is 2.48. The summed E-state index contributed by atoms with van der Waals surface area (Å²) in [6.45, 7) is 0. The number of amides is 1. The van der Waals surface area contributed by atoms with Crippen LogP contribution in [0, 0.1) is 0 Å². The lowest BCUT2D eigenvalue weighted by molar-refractivity contribution is -0.136.